The summed E-state index contributed by atoms with van der Waals surface area (Å²) >= 11 is 3.47. The van der Waals surface area contributed by atoms with Crippen molar-refractivity contribution in [2.45, 2.75) is 13.5 Å². The van der Waals surface area contributed by atoms with E-state index in [1.54, 1.807) is 30.2 Å². The maximum Gasteiger partial charge on any atom is 0.259 e. The minimum absolute atomic E-state index is 0.131. The lowest BCUT2D eigenvalue weighted by Crippen LogP contribution is -2.33. The number of H-pyrrole nitrogens is 1. The highest BCUT2D eigenvalue weighted by molar-refractivity contribution is 9.10. The zero-order valence-corrected chi connectivity index (χ0v) is 18.8. The van der Waals surface area contributed by atoms with E-state index in [1.807, 2.05) is 61.5 Å². The number of nitrogens with one attached hydrogen (secondary N) is 1. The maximum atomic E-state index is 13.5. The number of anilines is 1. The topological polar surface area (TPSA) is 62.4 Å². The molecule has 0 unspecified atom stereocenters. The Hall–Kier alpha value is -3.38. The Morgan fingerprint density at radius 2 is 1.77 bits per heavy atom. The van der Waals surface area contributed by atoms with E-state index >= 15 is 0 Å². The van der Waals surface area contributed by atoms with E-state index in [9.17, 15) is 9.59 Å². The predicted octanol–water partition coefficient (Wildman–Crippen LogP) is 5.45. The largest absolute Gasteiger partial charge is 0.497 e. The van der Waals surface area contributed by atoms with Crippen LogP contribution in [0.1, 0.15) is 21.5 Å². The van der Waals surface area contributed by atoms with Crippen LogP contribution in [0.2, 0.25) is 0 Å². The molecule has 0 aliphatic carbocycles. The summed E-state index contributed by atoms with van der Waals surface area (Å²) in [5.41, 5.74) is 3.36. The summed E-state index contributed by atoms with van der Waals surface area (Å²) in [6.07, 6.45) is 0. The number of fused-ring (bicyclic) bond motifs is 1. The van der Waals surface area contributed by atoms with E-state index in [4.69, 9.17) is 4.74 Å². The molecule has 5 nitrogen and oxygen atoms in total. The average Bonchev–Trinajstić information content (AvgIpc) is 2.78. The molecule has 4 rings (SSSR count). The van der Waals surface area contributed by atoms with Gasteiger partial charge in [-0.25, -0.2) is 0 Å². The van der Waals surface area contributed by atoms with Crippen LogP contribution < -0.4 is 15.2 Å². The third kappa shape index (κ3) is 4.39. The van der Waals surface area contributed by atoms with Gasteiger partial charge in [0.1, 0.15) is 5.75 Å². The summed E-state index contributed by atoms with van der Waals surface area (Å²) in [4.78, 5) is 30.8. The second-order valence-corrected chi connectivity index (χ2v) is 8.14. The van der Waals surface area contributed by atoms with Crippen LogP contribution in [0.3, 0.4) is 0 Å². The zero-order chi connectivity index (χ0) is 22.0. The van der Waals surface area contributed by atoms with Crippen LogP contribution in [0, 0.1) is 6.92 Å². The van der Waals surface area contributed by atoms with E-state index in [0.29, 0.717) is 27.0 Å². The van der Waals surface area contributed by atoms with Gasteiger partial charge in [-0.15, -0.1) is 0 Å². The summed E-state index contributed by atoms with van der Waals surface area (Å²) in [7, 11) is 1.59. The molecular weight excluding hydrogens is 456 g/mol. The van der Waals surface area contributed by atoms with Crippen molar-refractivity contribution in [3.8, 4) is 5.75 Å². The van der Waals surface area contributed by atoms with Gasteiger partial charge in [-0.1, -0.05) is 23.8 Å². The van der Waals surface area contributed by atoms with Gasteiger partial charge in [0.2, 0.25) is 0 Å². The van der Waals surface area contributed by atoms with Gasteiger partial charge in [0.05, 0.1) is 19.2 Å². The van der Waals surface area contributed by atoms with Crippen LogP contribution in [0.4, 0.5) is 5.69 Å². The molecule has 0 aliphatic rings. The van der Waals surface area contributed by atoms with E-state index in [2.05, 4.69) is 20.9 Å². The van der Waals surface area contributed by atoms with Crippen molar-refractivity contribution in [2.75, 3.05) is 12.0 Å². The predicted molar refractivity (Wildman–Crippen MR) is 127 cm³/mol. The van der Waals surface area contributed by atoms with Crippen LogP contribution in [0.15, 0.2) is 82.1 Å². The molecule has 31 heavy (non-hydrogen) atoms. The molecule has 6 heteroatoms. The molecular formula is C25H21BrN2O3. The third-order valence-corrected chi connectivity index (χ3v) is 5.83. The smallest absolute Gasteiger partial charge is 0.259 e. The molecule has 0 fully saturated rings. The molecule has 0 radical (unpaired) electrons. The Balaban J connectivity index is 1.80. The van der Waals surface area contributed by atoms with Gasteiger partial charge >= 0.3 is 0 Å². The van der Waals surface area contributed by atoms with Crippen LogP contribution in [-0.4, -0.2) is 18.0 Å². The molecule has 0 aliphatic heterocycles. The maximum absolute atomic E-state index is 13.5. The fraction of sp³-hybridized carbons (Fsp3) is 0.120. The number of rotatable bonds is 5. The number of aromatic amines is 1. The number of methoxy groups -OCH3 is 1. The Labute approximate surface area is 188 Å². The van der Waals surface area contributed by atoms with E-state index in [-0.39, 0.29) is 18.0 Å². The fourth-order valence-corrected chi connectivity index (χ4v) is 3.94. The molecule has 0 saturated heterocycles. The number of carbonyl (C=O) groups is 1. The first-order valence-corrected chi connectivity index (χ1v) is 10.6. The number of aromatic nitrogens is 1. The number of amides is 1. The Kier molecular flexibility index (Phi) is 5.91. The summed E-state index contributed by atoms with van der Waals surface area (Å²) in [5, 5.41) is 0.928. The molecule has 0 bridgehead atoms. The fourth-order valence-electron chi connectivity index (χ4n) is 3.48. The molecule has 0 atom stereocenters. The molecule has 1 amide bonds. The summed E-state index contributed by atoms with van der Waals surface area (Å²) in [6, 6.07) is 22.2. The molecule has 156 valence electrons. The quantitative estimate of drug-likeness (QED) is 0.416. The van der Waals surface area contributed by atoms with Gasteiger partial charge < -0.3 is 14.6 Å². The standard InChI is InChI=1S/C25H21BrN2O3/c1-16-7-12-23-17(13-16)14-18(24(29)27-23)15-28(19-8-10-20(31-2)11-9-19)25(30)21-5-3-4-6-22(21)26/h3-14H,15H2,1-2H3,(H,27,29). The van der Waals surface area contributed by atoms with Gasteiger partial charge in [-0.05, 0) is 82.8 Å². The number of pyridine rings is 1. The summed E-state index contributed by atoms with van der Waals surface area (Å²) in [6.45, 7) is 2.13. The van der Waals surface area contributed by atoms with Crippen LogP contribution in [-0.2, 0) is 6.54 Å². The molecule has 4 aromatic rings. The lowest BCUT2D eigenvalue weighted by Gasteiger charge is -2.24. The van der Waals surface area contributed by atoms with Crippen molar-refractivity contribution in [1.82, 2.24) is 4.98 Å². The van der Waals surface area contributed by atoms with E-state index < -0.39 is 0 Å². The lowest BCUT2D eigenvalue weighted by atomic mass is 10.1. The van der Waals surface area contributed by atoms with Crippen molar-refractivity contribution < 1.29 is 9.53 Å². The Morgan fingerprint density at radius 1 is 1.03 bits per heavy atom. The number of hydrogen-bond donors (Lipinski definition) is 1. The number of nitrogens with zero attached hydrogens (tertiary/aromatic N) is 1. The van der Waals surface area contributed by atoms with Crippen molar-refractivity contribution in [1.29, 1.82) is 0 Å². The monoisotopic (exact) mass is 476 g/mol. The van der Waals surface area contributed by atoms with Crippen LogP contribution in [0.25, 0.3) is 10.9 Å². The SMILES string of the molecule is COc1ccc(N(Cc2cc3cc(C)ccc3[nH]c2=O)C(=O)c2ccccc2Br)cc1. The molecule has 1 N–H and O–H groups in total. The highest BCUT2D eigenvalue weighted by Crippen LogP contribution is 2.26. The Bertz CT molecular complexity index is 1310. The number of hydrogen-bond acceptors (Lipinski definition) is 3. The number of carbonyl (C=O) groups excluding carboxylic acids is 1. The molecule has 0 saturated carbocycles. The molecule has 1 aromatic heterocycles. The minimum Gasteiger partial charge on any atom is -0.497 e. The lowest BCUT2D eigenvalue weighted by molar-refractivity contribution is 0.0984. The van der Waals surface area contributed by atoms with Crippen molar-refractivity contribution in [2.24, 2.45) is 0 Å². The van der Waals surface area contributed by atoms with Crippen LogP contribution >= 0.6 is 15.9 Å². The van der Waals surface area contributed by atoms with Crippen molar-refractivity contribution in [3.63, 3.8) is 0 Å². The van der Waals surface area contributed by atoms with Crippen molar-refractivity contribution >= 4 is 38.4 Å². The van der Waals surface area contributed by atoms with Gasteiger partial charge in [0.15, 0.2) is 0 Å². The first-order valence-electron chi connectivity index (χ1n) is 9.79. The number of ether oxygens (including phenoxy) is 1. The molecule has 1 heterocycles. The van der Waals surface area contributed by atoms with Crippen molar-refractivity contribution in [3.05, 3.63) is 104 Å². The summed E-state index contributed by atoms with van der Waals surface area (Å²) < 4.78 is 5.94. The normalized spacial score (nSPS) is 10.8. The first-order chi connectivity index (χ1) is 15.0. The van der Waals surface area contributed by atoms with Crippen LogP contribution in [0.5, 0.6) is 5.75 Å². The van der Waals surface area contributed by atoms with Gasteiger partial charge in [-0.3, -0.25) is 9.59 Å². The average molecular weight is 477 g/mol. The number of halogens is 1. The highest BCUT2D eigenvalue weighted by atomic mass is 79.9. The zero-order valence-electron chi connectivity index (χ0n) is 17.2. The number of aryl methyl sites for hydroxylation is 1. The number of benzene rings is 3. The second-order valence-electron chi connectivity index (χ2n) is 7.28. The van der Waals surface area contributed by atoms with E-state index in [1.165, 1.54) is 0 Å². The second kappa shape index (κ2) is 8.78. The highest BCUT2D eigenvalue weighted by Gasteiger charge is 2.21. The molecule has 3 aromatic carbocycles. The summed E-state index contributed by atoms with van der Waals surface area (Å²) in [5.74, 6) is 0.484. The third-order valence-electron chi connectivity index (χ3n) is 5.14. The minimum atomic E-state index is -0.213. The van der Waals surface area contributed by atoms with Gasteiger partial charge in [0.25, 0.3) is 11.5 Å². The first kappa shape index (κ1) is 20.9. The van der Waals surface area contributed by atoms with Gasteiger partial charge in [0, 0.05) is 21.2 Å². The Morgan fingerprint density at radius 3 is 2.48 bits per heavy atom. The van der Waals surface area contributed by atoms with Gasteiger partial charge in [-0.2, -0.15) is 0 Å². The van der Waals surface area contributed by atoms with E-state index in [0.717, 1.165) is 16.5 Å². The molecule has 0 spiro atoms.